The maximum atomic E-state index is 8.90. The number of nitriles is 1. The molecule has 2 N–H and O–H groups in total. The second-order valence-electron chi connectivity index (χ2n) is 6.15. The van der Waals surface area contributed by atoms with Crippen LogP contribution in [0.2, 0.25) is 0 Å². The Balaban J connectivity index is 1.94. The maximum Gasteiger partial charge on any atom is 0.191 e. The molecule has 0 aliphatic carbocycles. The molecule has 0 aromatic heterocycles. The van der Waals surface area contributed by atoms with Crippen LogP contribution in [0.3, 0.4) is 0 Å². The fourth-order valence-electron chi connectivity index (χ4n) is 2.48. The number of benzene rings is 2. The molecule has 2 aromatic carbocycles. The fourth-order valence-corrected chi connectivity index (χ4v) is 2.48. The lowest BCUT2D eigenvalue weighted by molar-refractivity contribution is 0.145. The van der Waals surface area contributed by atoms with Crippen LogP contribution in [0.1, 0.15) is 30.0 Å². The minimum Gasteiger partial charge on any atom is -0.497 e. The van der Waals surface area contributed by atoms with Gasteiger partial charge in [0.2, 0.25) is 0 Å². The predicted octanol–water partition coefficient (Wildman–Crippen LogP) is 3.23. The molecule has 6 nitrogen and oxygen atoms in total. The van der Waals surface area contributed by atoms with E-state index in [2.05, 4.69) is 21.7 Å². The molecule has 0 bridgehead atoms. The lowest BCUT2D eigenvalue weighted by Gasteiger charge is -2.13. The Labute approximate surface area is 167 Å². The number of hydrogen-bond acceptors (Lipinski definition) is 4. The summed E-state index contributed by atoms with van der Waals surface area (Å²) in [6, 6.07) is 17.6. The van der Waals surface area contributed by atoms with Crippen LogP contribution in [0, 0.1) is 11.3 Å². The molecule has 0 saturated heterocycles. The smallest absolute Gasteiger partial charge is 0.191 e. The van der Waals surface area contributed by atoms with E-state index in [1.54, 1.807) is 7.11 Å². The second kappa shape index (κ2) is 12.4. The Morgan fingerprint density at radius 3 is 2.39 bits per heavy atom. The molecule has 0 fully saturated rings. The van der Waals surface area contributed by atoms with Gasteiger partial charge in [0, 0.05) is 26.3 Å². The number of nitrogens with one attached hydrogen (secondary N) is 2. The highest BCUT2D eigenvalue weighted by atomic mass is 16.5. The lowest BCUT2D eigenvalue weighted by Crippen LogP contribution is -2.37. The van der Waals surface area contributed by atoms with Gasteiger partial charge in [0.25, 0.3) is 0 Å². The maximum absolute atomic E-state index is 8.90. The van der Waals surface area contributed by atoms with Crippen LogP contribution in [0.5, 0.6) is 5.75 Å². The molecular weight excluding hydrogens is 352 g/mol. The molecule has 6 heteroatoms. The van der Waals surface area contributed by atoms with Crippen LogP contribution < -0.4 is 15.4 Å². The molecule has 0 saturated carbocycles. The first-order valence-electron chi connectivity index (χ1n) is 9.47. The third-order valence-electron chi connectivity index (χ3n) is 4.08. The van der Waals surface area contributed by atoms with Crippen molar-refractivity contribution in [1.82, 2.24) is 10.6 Å². The topological polar surface area (TPSA) is 78.7 Å². The second-order valence-corrected chi connectivity index (χ2v) is 6.15. The number of hydrogen-bond donors (Lipinski definition) is 2. The predicted molar refractivity (Wildman–Crippen MR) is 111 cm³/mol. The van der Waals surface area contributed by atoms with Crippen LogP contribution >= 0.6 is 0 Å². The summed E-state index contributed by atoms with van der Waals surface area (Å²) in [5.74, 6) is 1.58. The molecule has 0 heterocycles. The average molecular weight is 380 g/mol. The Morgan fingerprint density at radius 2 is 1.75 bits per heavy atom. The fraction of sp³-hybridized carbons (Fsp3) is 0.364. The van der Waals surface area contributed by atoms with E-state index in [1.165, 1.54) is 0 Å². The van der Waals surface area contributed by atoms with Gasteiger partial charge in [-0.15, -0.1) is 0 Å². The monoisotopic (exact) mass is 380 g/mol. The minimum atomic E-state index is 0.568. The zero-order chi connectivity index (χ0) is 20.0. The highest BCUT2D eigenvalue weighted by Crippen LogP contribution is 2.11. The van der Waals surface area contributed by atoms with Gasteiger partial charge in [-0.2, -0.15) is 5.26 Å². The van der Waals surface area contributed by atoms with Crippen molar-refractivity contribution in [2.75, 3.05) is 26.9 Å². The number of guanidine groups is 1. The summed E-state index contributed by atoms with van der Waals surface area (Å²) < 4.78 is 10.6. The van der Waals surface area contributed by atoms with Gasteiger partial charge in [0.05, 0.1) is 25.3 Å². The minimum absolute atomic E-state index is 0.568. The van der Waals surface area contributed by atoms with Gasteiger partial charge in [-0.25, -0.2) is 4.99 Å². The molecule has 148 valence electrons. The summed E-state index contributed by atoms with van der Waals surface area (Å²) in [6.45, 7) is 5.43. The highest BCUT2D eigenvalue weighted by molar-refractivity contribution is 5.79. The van der Waals surface area contributed by atoms with E-state index in [1.807, 2.05) is 55.5 Å². The summed E-state index contributed by atoms with van der Waals surface area (Å²) in [5, 5.41) is 15.6. The standard InChI is InChI=1S/C22H28N4O2/c1-3-28-14-4-13-24-22(25-16-19-7-5-18(15-23)6-8-19)26-17-20-9-11-21(27-2)12-10-20/h5-12H,3-4,13-14,16-17H2,1-2H3,(H2,24,25,26). The molecule has 0 aliphatic heterocycles. The van der Waals surface area contributed by atoms with Gasteiger partial charge in [-0.3, -0.25) is 0 Å². The highest BCUT2D eigenvalue weighted by Gasteiger charge is 2.01. The van der Waals surface area contributed by atoms with E-state index in [0.717, 1.165) is 49.0 Å². The van der Waals surface area contributed by atoms with Crippen molar-refractivity contribution in [1.29, 1.82) is 5.26 Å². The van der Waals surface area contributed by atoms with Crippen molar-refractivity contribution >= 4 is 5.96 Å². The molecule has 0 aliphatic rings. The van der Waals surface area contributed by atoms with Crippen molar-refractivity contribution in [3.05, 3.63) is 65.2 Å². The van der Waals surface area contributed by atoms with Crippen molar-refractivity contribution in [2.45, 2.75) is 26.4 Å². The number of methoxy groups -OCH3 is 1. The van der Waals surface area contributed by atoms with Gasteiger partial charge < -0.3 is 20.1 Å². The summed E-state index contributed by atoms with van der Waals surface area (Å²) in [5.41, 5.74) is 2.85. The largest absolute Gasteiger partial charge is 0.497 e. The first-order valence-corrected chi connectivity index (χ1v) is 9.47. The number of aliphatic imine (C=N–C) groups is 1. The van der Waals surface area contributed by atoms with Crippen molar-refractivity contribution in [2.24, 2.45) is 4.99 Å². The van der Waals surface area contributed by atoms with Gasteiger partial charge >= 0.3 is 0 Å². The van der Waals surface area contributed by atoms with Crippen LogP contribution in [-0.4, -0.2) is 32.8 Å². The summed E-state index contributed by atoms with van der Waals surface area (Å²) in [7, 11) is 1.66. The molecule has 28 heavy (non-hydrogen) atoms. The van der Waals surface area contributed by atoms with Crippen molar-refractivity contribution in [3.63, 3.8) is 0 Å². The average Bonchev–Trinajstić information content (AvgIpc) is 2.75. The Bertz CT molecular complexity index is 765. The van der Waals surface area contributed by atoms with Gasteiger partial charge in [0.15, 0.2) is 5.96 Å². The quantitative estimate of drug-likeness (QED) is 0.376. The molecule has 2 rings (SSSR count). The first kappa shape index (κ1) is 21.3. The Morgan fingerprint density at radius 1 is 1.04 bits per heavy atom. The van der Waals surface area contributed by atoms with Crippen molar-refractivity contribution < 1.29 is 9.47 Å². The number of rotatable bonds is 10. The summed E-state index contributed by atoms with van der Waals surface area (Å²) in [6.07, 6.45) is 0.911. The van der Waals surface area contributed by atoms with Crippen LogP contribution in [0.15, 0.2) is 53.5 Å². The summed E-state index contributed by atoms with van der Waals surface area (Å²) >= 11 is 0. The number of nitrogens with zero attached hydrogens (tertiary/aromatic N) is 2. The zero-order valence-electron chi connectivity index (χ0n) is 16.6. The molecule has 0 atom stereocenters. The first-order chi connectivity index (χ1) is 13.7. The van der Waals surface area contributed by atoms with Crippen molar-refractivity contribution in [3.8, 4) is 11.8 Å². The normalized spacial score (nSPS) is 11.0. The van der Waals surface area contributed by atoms with E-state index in [9.17, 15) is 0 Å². The molecule has 2 aromatic rings. The summed E-state index contributed by atoms with van der Waals surface area (Å²) in [4.78, 5) is 4.68. The van der Waals surface area contributed by atoms with E-state index in [0.29, 0.717) is 18.7 Å². The van der Waals surface area contributed by atoms with E-state index >= 15 is 0 Å². The molecule has 0 radical (unpaired) electrons. The van der Waals surface area contributed by atoms with E-state index in [-0.39, 0.29) is 0 Å². The molecular formula is C22H28N4O2. The van der Waals surface area contributed by atoms with E-state index in [4.69, 9.17) is 14.7 Å². The molecule has 0 unspecified atom stereocenters. The van der Waals surface area contributed by atoms with Gasteiger partial charge in [-0.05, 0) is 48.7 Å². The van der Waals surface area contributed by atoms with Gasteiger partial charge in [0.1, 0.15) is 5.75 Å². The van der Waals surface area contributed by atoms with Crippen LogP contribution in [0.25, 0.3) is 0 Å². The van der Waals surface area contributed by atoms with Gasteiger partial charge in [-0.1, -0.05) is 24.3 Å². The lowest BCUT2D eigenvalue weighted by atomic mass is 10.1. The Kier molecular flexibility index (Phi) is 9.39. The third-order valence-corrected chi connectivity index (χ3v) is 4.08. The van der Waals surface area contributed by atoms with Crippen LogP contribution in [-0.2, 0) is 17.8 Å². The molecule has 0 spiro atoms. The number of ether oxygens (including phenoxy) is 2. The zero-order valence-corrected chi connectivity index (χ0v) is 16.6. The molecule has 0 amide bonds. The Hall–Kier alpha value is -3.04. The SMILES string of the molecule is CCOCCCNC(=NCc1ccc(OC)cc1)NCc1ccc(C#N)cc1. The van der Waals surface area contributed by atoms with Crippen LogP contribution in [0.4, 0.5) is 0 Å². The third kappa shape index (κ3) is 7.68. The van der Waals surface area contributed by atoms with E-state index < -0.39 is 0 Å².